The summed E-state index contributed by atoms with van der Waals surface area (Å²) in [5.74, 6) is -0.154. The van der Waals surface area contributed by atoms with Gasteiger partial charge >= 0.3 is 7.48 Å². The highest BCUT2D eigenvalue weighted by Gasteiger charge is 2.51. The van der Waals surface area contributed by atoms with Crippen LogP contribution >= 0.6 is 15.9 Å². The zero-order valence-electron chi connectivity index (χ0n) is 25.1. The van der Waals surface area contributed by atoms with E-state index in [1.807, 2.05) is 58.3 Å². The lowest BCUT2D eigenvalue weighted by Gasteiger charge is -2.49. The Labute approximate surface area is 257 Å². The molecule has 9 nitrogen and oxygen atoms in total. The molecule has 11 heteroatoms. The maximum absolute atomic E-state index is 11.7. The third-order valence-electron chi connectivity index (χ3n) is 9.01. The average Bonchev–Trinajstić information content (AvgIpc) is 3.50. The smallest absolute Gasteiger partial charge is 0.312 e. The van der Waals surface area contributed by atoms with Gasteiger partial charge < -0.3 is 20.5 Å². The van der Waals surface area contributed by atoms with E-state index >= 15 is 0 Å². The first-order chi connectivity index (χ1) is 19.9. The maximum Gasteiger partial charge on any atom is 0.312 e. The highest BCUT2D eigenvalue weighted by atomic mass is 79.9. The van der Waals surface area contributed by atoms with E-state index in [-0.39, 0.29) is 17.9 Å². The zero-order valence-corrected chi connectivity index (χ0v) is 26.7. The van der Waals surface area contributed by atoms with E-state index in [9.17, 15) is 5.11 Å². The van der Waals surface area contributed by atoms with Crippen LogP contribution in [0.3, 0.4) is 0 Å². The van der Waals surface area contributed by atoms with Crippen LogP contribution in [0, 0.1) is 23.2 Å². The molecule has 3 heterocycles. The molecule has 2 aromatic carbocycles. The SMILES string of the molecule is CC1=C2c3ccc(Br)cc3C(Nc3ccc(CC#N)cc3)C([C@H](C)C(C)(OBc3cnn(C)c3)C(C)(C)O)CN2NN1. The van der Waals surface area contributed by atoms with E-state index in [1.54, 1.807) is 10.9 Å². The lowest BCUT2D eigenvalue weighted by atomic mass is 9.67. The van der Waals surface area contributed by atoms with Crippen molar-refractivity contribution in [2.45, 2.75) is 58.3 Å². The van der Waals surface area contributed by atoms with Crippen LogP contribution in [0.25, 0.3) is 5.70 Å². The van der Waals surface area contributed by atoms with Crippen LogP contribution in [0.4, 0.5) is 5.69 Å². The Morgan fingerprint density at radius 3 is 2.64 bits per heavy atom. The van der Waals surface area contributed by atoms with Crippen molar-refractivity contribution in [3.8, 4) is 6.07 Å². The number of aromatic nitrogens is 2. The number of fused-ring (bicyclic) bond motifs is 3. The quantitative estimate of drug-likeness (QED) is 0.263. The van der Waals surface area contributed by atoms with Crippen molar-refractivity contribution in [1.29, 1.82) is 5.26 Å². The number of nitrogens with zero attached hydrogens (tertiary/aromatic N) is 4. The minimum absolute atomic E-state index is 0.0279. The third kappa shape index (κ3) is 5.81. The first kappa shape index (κ1) is 30.2. The molecule has 3 unspecified atom stereocenters. The summed E-state index contributed by atoms with van der Waals surface area (Å²) in [6.45, 7) is 10.6. The third-order valence-corrected chi connectivity index (χ3v) is 9.50. The number of halogens is 1. The molecule has 0 saturated carbocycles. The van der Waals surface area contributed by atoms with Crippen molar-refractivity contribution in [3.05, 3.63) is 81.7 Å². The fourth-order valence-electron chi connectivity index (χ4n) is 6.18. The molecule has 0 amide bonds. The molecule has 4 atom stereocenters. The number of hydrogen-bond acceptors (Lipinski definition) is 8. The highest BCUT2D eigenvalue weighted by Crippen LogP contribution is 2.47. The number of benzene rings is 2. The zero-order chi connectivity index (χ0) is 30.2. The van der Waals surface area contributed by atoms with E-state index in [0.717, 1.165) is 43.7 Å². The van der Waals surface area contributed by atoms with Gasteiger partial charge in [0.1, 0.15) is 0 Å². The number of hydrazine groups is 2. The molecule has 5 rings (SSSR count). The van der Waals surface area contributed by atoms with Gasteiger partial charge in [-0.25, -0.2) is 0 Å². The van der Waals surface area contributed by atoms with Crippen molar-refractivity contribution >= 4 is 40.3 Å². The second-order valence-corrected chi connectivity index (χ2v) is 13.1. The van der Waals surface area contributed by atoms with Crippen LogP contribution < -0.4 is 21.7 Å². The number of aryl methyl sites for hydroxylation is 1. The molecule has 1 aromatic heterocycles. The fourth-order valence-corrected chi connectivity index (χ4v) is 6.56. The molecule has 2 aliphatic rings. The van der Waals surface area contributed by atoms with E-state index in [0.29, 0.717) is 20.4 Å². The Morgan fingerprint density at radius 1 is 1.26 bits per heavy atom. The van der Waals surface area contributed by atoms with Gasteiger partial charge in [-0.1, -0.05) is 41.1 Å². The molecule has 0 spiro atoms. The van der Waals surface area contributed by atoms with Gasteiger partial charge in [0.25, 0.3) is 0 Å². The topological polar surface area (TPSA) is 110 Å². The van der Waals surface area contributed by atoms with Crippen LogP contribution in [-0.2, 0) is 18.1 Å². The summed E-state index contributed by atoms with van der Waals surface area (Å²) < 4.78 is 9.45. The lowest BCUT2D eigenvalue weighted by Crippen LogP contribution is -2.59. The van der Waals surface area contributed by atoms with E-state index < -0.39 is 11.2 Å². The average molecular weight is 632 g/mol. The van der Waals surface area contributed by atoms with Crippen molar-refractivity contribution in [2.24, 2.45) is 18.9 Å². The molecule has 2 aliphatic heterocycles. The summed E-state index contributed by atoms with van der Waals surface area (Å²) in [5, 5.41) is 31.1. The Kier molecular flexibility index (Phi) is 8.45. The van der Waals surface area contributed by atoms with Crippen LogP contribution in [0.1, 0.15) is 57.4 Å². The molecule has 0 saturated heterocycles. The highest BCUT2D eigenvalue weighted by molar-refractivity contribution is 9.10. The van der Waals surface area contributed by atoms with Gasteiger partial charge in [0.15, 0.2) is 0 Å². The number of hydrogen-bond donors (Lipinski definition) is 4. The van der Waals surface area contributed by atoms with Gasteiger partial charge in [0, 0.05) is 47.6 Å². The molecule has 42 heavy (non-hydrogen) atoms. The molecule has 0 fully saturated rings. The first-order valence-corrected chi connectivity index (χ1v) is 15.1. The number of allylic oxidation sites excluding steroid dienone is 1. The number of nitrogens with one attached hydrogen (secondary N) is 3. The molecule has 4 N–H and O–H groups in total. The maximum atomic E-state index is 11.7. The van der Waals surface area contributed by atoms with Gasteiger partial charge in [-0.05, 0) is 74.5 Å². The molecule has 0 aliphatic carbocycles. The van der Waals surface area contributed by atoms with Crippen LogP contribution in [0.2, 0.25) is 0 Å². The first-order valence-electron chi connectivity index (χ1n) is 14.3. The second kappa shape index (κ2) is 11.8. The van der Waals surface area contributed by atoms with Crippen LogP contribution in [0.5, 0.6) is 0 Å². The molecular formula is C31H39BBrN7O2. The van der Waals surface area contributed by atoms with Gasteiger partial charge in [0.2, 0.25) is 0 Å². The lowest BCUT2D eigenvalue weighted by molar-refractivity contribution is -0.144. The fraction of sp³-hybridized carbons (Fsp3) is 0.419. The van der Waals surface area contributed by atoms with Crippen LogP contribution in [-0.4, -0.2) is 45.1 Å². The molecule has 3 aromatic rings. The summed E-state index contributed by atoms with van der Waals surface area (Å²) in [6, 6.07) is 16.6. The second-order valence-electron chi connectivity index (χ2n) is 12.1. The van der Waals surface area contributed by atoms with Crippen molar-refractivity contribution in [1.82, 2.24) is 25.7 Å². The summed E-state index contributed by atoms with van der Waals surface area (Å²) >= 11 is 3.73. The monoisotopic (exact) mass is 631 g/mol. The molecule has 0 radical (unpaired) electrons. The van der Waals surface area contributed by atoms with Gasteiger partial charge in [-0.15, -0.1) is 5.53 Å². The number of rotatable bonds is 9. The Bertz CT molecular complexity index is 1510. The summed E-state index contributed by atoms with van der Waals surface area (Å²) in [7, 11) is 2.22. The van der Waals surface area contributed by atoms with Gasteiger partial charge in [0.05, 0.1) is 41.1 Å². The van der Waals surface area contributed by atoms with Crippen LogP contribution in [0.15, 0.2) is 65.0 Å². The summed E-state index contributed by atoms with van der Waals surface area (Å²) in [4.78, 5) is 0. The standard InChI is InChI=1S/C31H39BBrN7O2/c1-19(31(5,30(3,4)41)42-32-22-16-35-39(6)17-22)27-18-40-29(20(2)37-38-40)25-12-9-23(33)15-26(25)28(27)36-24-10-7-21(8-11-24)13-14-34/h7-12,15-17,19,27-28,32,36-38,41H,13,18H2,1-6H3/t19-,27?,28?,31?/m0/s1. The minimum atomic E-state index is -1.16. The number of nitriles is 1. The Morgan fingerprint density at radius 2 is 2.00 bits per heavy atom. The normalized spacial score (nSPS) is 20.5. The molecule has 220 valence electrons. The van der Waals surface area contributed by atoms with E-state index in [1.165, 1.54) is 0 Å². The Balaban J connectivity index is 1.60. The van der Waals surface area contributed by atoms with Crippen molar-refractivity contribution in [3.63, 3.8) is 0 Å². The largest absolute Gasteiger partial charge is 0.426 e. The molecular weight excluding hydrogens is 593 g/mol. The minimum Gasteiger partial charge on any atom is -0.426 e. The van der Waals surface area contributed by atoms with E-state index in [2.05, 4.69) is 80.4 Å². The molecule has 0 bridgehead atoms. The van der Waals surface area contributed by atoms with Crippen molar-refractivity contribution in [2.75, 3.05) is 11.9 Å². The predicted octanol–water partition coefficient (Wildman–Crippen LogP) is 3.90. The van der Waals surface area contributed by atoms with Crippen molar-refractivity contribution < 1.29 is 9.76 Å². The number of anilines is 1. The van der Waals surface area contributed by atoms with Gasteiger partial charge in [-0.2, -0.15) is 10.4 Å². The predicted molar refractivity (Wildman–Crippen MR) is 170 cm³/mol. The summed E-state index contributed by atoms with van der Waals surface area (Å²) in [6.07, 6.45) is 4.11. The van der Waals surface area contributed by atoms with Gasteiger partial charge in [-0.3, -0.25) is 9.69 Å². The number of aliphatic hydroxyl groups is 1. The van der Waals surface area contributed by atoms with E-state index in [4.69, 9.17) is 9.92 Å². The summed E-state index contributed by atoms with van der Waals surface area (Å²) in [5.41, 5.74) is 11.9. The Hall–Kier alpha value is -3.30.